The van der Waals surface area contributed by atoms with Crippen molar-refractivity contribution in [2.75, 3.05) is 0 Å². The van der Waals surface area contributed by atoms with E-state index in [1.54, 1.807) is 13.8 Å². The highest BCUT2D eigenvalue weighted by Gasteiger charge is 2.20. The summed E-state index contributed by atoms with van der Waals surface area (Å²) >= 11 is 5.88. The van der Waals surface area contributed by atoms with E-state index in [4.69, 9.17) is 16.1 Å². The molecule has 1 aromatic heterocycles. The van der Waals surface area contributed by atoms with Crippen molar-refractivity contribution in [1.82, 2.24) is 14.9 Å². The third-order valence-corrected chi connectivity index (χ3v) is 4.62. The number of aromatic nitrogens is 2. The Morgan fingerprint density at radius 2 is 2.10 bits per heavy atom. The van der Waals surface area contributed by atoms with Crippen LogP contribution in [-0.4, -0.2) is 23.7 Å². The molecule has 0 atom stereocenters. The van der Waals surface area contributed by atoms with Gasteiger partial charge in [-0.25, -0.2) is 13.1 Å². The Hall–Kier alpha value is -1.48. The Morgan fingerprint density at radius 1 is 1.38 bits per heavy atom. The quantitative estimate of drug-likeness (QED) is 0.855. The van der Waals surface area contributed by atoms with Gasteiger partial charge in [0.05, 0.1) is 18.0 Å². The summed E-state index contributed by atoms with van der Waals surface area (Å²) in [6.45, 7) is 2.82. The van der Waals surface area contributed by atoms with E-state index in [9.17, 15) is 13.5 Å². The van der Waals surface area contributed by atoms with E-state index in [2.05, 4.69) is 14.9 Å². The maximum atomic E-state index is 12.3. The summed E-state index contributed by atoms with van der Waals surface area (Å²) in [6.07, 6.45) is 0. The first-order valence-electron chi connectivity index (χ1n) is 6.02. The molecule has 0 bridgehead atoms. The summed E-state index contributed by atoms with van der Waals surface area (Å²) < 4.78 is 31.8. The largest absolute Gasteiger partial charge is 0.392 e. The molecule has 114 valence electrons. The lowest BCUT2D eigenvalue weighted by Crippen LogP contribution is -2.24. The molecule has 2 N–H and O–H groups in total. The van der Waals surface area contributed by atoms with Gasteiger partial charge >= 0.3 is 0 Å². The van der Waals surface area contributed by atoms with Crippen molar-refractivity contribution in [2.24, 2.45) is 0 Å². The predicted molar refractivity (Wildman–Crippen MR) is 75.2 cm³/mol. The minimum atomic E-state index is -3.81. The van der Waals surface area contributed by atoms with Gasteiger partial charge in [0.1, 0.15) is 0 Å². The zero-order valence-electron chi connectivity index (χ0n) is 11.4. The molecule has 0 radical (unpaired) electrons. The topological polar surface area (TPSA) is 105 Å². The normalized spacial score (nSPS) is 11.8. The molecule has 9 heteroatoms. The number of aryl methyl sites for hydroxylation is 1. The minimum absolute atomic E-state index is 0.00953. The monoisotopic (exact) mass is 331 g/mol. The van der Waals surface area contributed by atoms with Gasteiger partial charge in [-0.05, 0) is 37.1 Å². The molecule has 0 fully saturated rings. The Labute approximate surface area is 127 Å². The number of sulfonamides is 1. The van der Waals surface area contributed by atoms with Crippen LogP contribution in [0.15, 0.2) is 21.6 Å². The molecule has 7 nitrogen and oxygen atoms in total. The van der Waals surface area contributed by atoms with Crippen LogP contribution in [-0.2, 0) is 23.2 Å². The number of benzene rings is 1. The van der Waals surface area contributed by atoms with Crippen LogP contribution in [0.4, 0.5) is 0 Å². The van der Waals surface area contributed by atoms with Crippen LogP contribution < -0.4 is 4.72 Å². The Kier molecular flexibility index (Phi) is 4.62. The summed E-state index contributed by atoms with van der Waals surface area (Å²) in [4.78, 5) is 3.92. The van der Waals surface area contributed by atoms with Crippen LogP contribution in [0, 0.1) is 13.8 Å². The van der Waals surface area contributed by atoms with Gasteiger partial charge < -0.3 is 9.63 Å². The SMILES string of the molecule is Cc1noc(CNS(=O)(=O)c2cc(Cl)cc(CO)c2C)n1. The lowest BCUT2D eigenvalue weighted by molar-refractivity contribution is 0.280. The second kappa shape index (κ2) is 6.10. The first kappa shape index (κ1) is 15.9. The third-order valence-electron chi connectivity index (χ3n) is 2.88. The molecule has 1 aromatic carbocycles. The van der Waals surface area contributed by atoms with Crippen molar-refractivity contribution < 1.29 is 18.0 Å². The van der Waals surface area contributed by atoms with E-state index < -0.39 is 10.0 Å². The van der Waals surface area contributed by atoms with Crippen molar-refractivity contribution in [2.45, 2.75) is 31.9 Å². The molecular weight excluding hydrogens is 318 g/mol. The molecular formula is C12H14ClN3O4S. The highest BCUT2D eigenvalue weighted by atomic mass is 35.5. The number of aliphatic hydroxyl groups excluding tert-OH is 1. The second-order valence-electron chi connectivity index (χ2n) is 4.41. The smallest absolute Gasteiger partial charge is 0.241 e. The Bertz CT molecular complexity index is 758. The average molecular weight is 332 g/mol. The maximum Gasteiger partial charge on any atom is 0.241 e. The van der Waals surface area contributed by atoms with Crippen molar-refractivity contribution in [1.29, 1.82) is 0 Å². The predicted octanol–water partition coefficient (Wildman–Crippen LogP) is 1.31. The van der Waals surface area contributed by atoms with E-state index in [1.165, 1.54) is 12.1 Å². The van der Waals surface area contributed by atoms with Crippen LogP contribution in [0.1, 0.15) is 22.8 Å². The first-order chi connectivity index (χ1) is 9.83. The molecule has 0 unspecified atom stereocenters. The van der Waals surface area contributed by atoms with Gasteiger partial charge in [0.25, 0.3) is 0 Å². The number of nitrogens with one attached hydrogen (secondary N) is 1. The first-order valence-corrected chi connectivity index (χ1v) is 7.88. The average Bonchev–Trinajstić information content (AvgIpc) is 2.84. The van der Waals surface area contributed by atoms with Gasteiger partial charge in [-0.15, -0.1) is 0 Å². The van der Waals surface area contributed by atoms with E-state index in [0.29, 0.717) is 17.0 Å². The molecule has 0 aliphatic rings. The van der Waals surface area contributed by atoms with Crippen LogP contribution in [0.5, 0.6) is 0 Å². The standard InChI is InChI=1S/C12H14ClN3O4S/c1-7-9(6-17)3-10(13)4-11(7)21(18,19)14-5-12-15-8(2)16-20-12/h3-4,14,17H,5-6H2,1-2H3. The number of hydrogen-bond acceptors (Lipinski definition) is 6. The summed E-state index contributed by atoms with van der Waals surface area (Å²) in [7, 11) is -3.81. The van der Waals surface area contributed by atoms with Crippen LogP contribution in [0.2, 0.25) is 5.02 Å². The highest BCUT2D eigenvalue weighted by Crippen LogP contribution is 2.24. The van der Waals surface area contributed by atoms with Crippen molar-refractivity contribution in [3.8, 4) is 0 Å². The highest BCUT2D eigenvalue weighted by molar-refractivity contribution is 7.89. The van der Waals surface area contributed by atoms with E-state index in [-0.39, 0.29) is 29.0 Å². The van der Waals surface area contributed by atoms with Gasteiger partial charge in [-0.1, -0.05) is 16.8 Å². The molecule has 2 aromatic rings. The molecule has 0 amide bonds. The fourth-order valence-electron chi connectivity index (χ4n) is 1.80. The van der Waals surface area contributed by atoms with Crippen molar-refractivity contribution in [3.63, 3.8) is 0 Å². The lowest BCUT2D eigenvalue weighted by Gasteiger charge is -2.11. The zero-order chi connectivity index (χ0) is 15.6. The summed E-state index contributed by atoms with van der Waals surface area (Å²) in [6, 6.07) is 2.86. The van der Waals surface area contributed by atoms with Gasteiger partial charge in [0, 0.05) is 5.02 Å². The van der Waals surface area contributed by atoms with E-state index >= 15 is 0 Å². The number of rotatable bonds is 5. The van der Waals surface area contributed by atoms with Gasteiger partial charge in [-0.2, -0.15) is 4.98 Å². The minimum Gasteiger partial charge on any atom is -0.392 e. The molecule has 0 spiro atoms. The molecule has 0 aliphatic carbocycles. The molecule has 0 saturated carbocycles. The van der Waals surface area contributed by atoms with Gasteiger partial charge in [-0.3, -0.25) is 0 Å². The number of aliphatic hydroxyl groups is 1. The number of hydrogen-bond donors (Lipinski definition) is 2. The van der Waals surface area contributed by atoms with Crippen molar-refractivity contribution in [3.05, 3.63) is 40.0 Å². The molecule has 0 saturated heterocycles. The molecule has 2 rings (SSSR count). The molecule has 21 heavy (non-hydrogen) atoms. The maximum absolute atomic E-state index is 12.3. The van der Waals surface area contributed by atoms with Gasteiger partial charge in [0.2, 0.25) is 15.9 Å². The zero-order valence-corrected chi connectivity index (χ0v) is 13.0. The Morgan fingerprint density at radius 3 is 2.67 bits per heavy atom. The Balaban J connectivity index is 2.29. The number of halogens is 1. The fraction of sp³-hybridized carbons (Fsp3) is 0.333. The number of nitrogens with zero attached hydrogens (tertiary/aromatic N) is 2. The summed E-state index contributed by atoms with van der Waals surface area (Å²) in [5, 5.41) is 13.0. The van der Waals surface area contributed by atoms with Crippen LogP contribution in [0.25, 0.3) is 0 Å². The lowest BCUT2D eigenvalue weighted by atomic mass is 10.1. The van der Waals surface area contributed by atoms with Crippen molar-refractivity contribution >= 4 is 21.6 Å². The fourth-order valence-corrected chi connectivity index (χ4v) is 3.39. The van der Waals surface area contributed by atoms with E-state index in [1.807, 2.05) is 0 Å². The summed E-state index contributed by atoms with van der Waals surface area (Å²) in [5.74, 6) is 0.587. The van der Waals surface area contributed by atoms with Crippen LogP contribution >= 0.6 is 11.6 Å². The van der Waals surface area contributed by atoms with E-state index in [0.717, 1.165) is 0 Å². The second-order valence-corrected chi connectivity index (χ2v) is 6.58. The summed E-state index contributed by atoms with van der Waals surface area (Å²) in [5.41, 5.74) is 0.896. The third kappa shape index (κ3) is 3.59. The van der Waals surface area contributed by atoms with Gasteiger partial charge in [0.15, 0.2) is 5.82 Å². The van der Waals surface area contributed by atoms with Crippen LogP contribution in [0.3, 0.4) is 0 Å². The molecule has 1 heterocycles. The molecule has 0 aliphatic heterocycles.